The predicted molar refractivity (Wildman–Crippen MR) is 72.8 cm³/mol. The summed E-state index contributed by atoms with van der Waals surface area (Å²) in [5, 5.41) is 5.82. The van der Waals surface area contributed by atoms with Crippen molar-refractivity contribution in [1.82, 2.24) is 15.5 Å². The molecule has 0 unspecified atom stereocenters. The Morgan fingerprint density at radius 1 is 1.06 bits per heavy atom. The molecule has 0 spiro atoms. The van der Waals surface area contributed by atoms with Crippen molar-refractivity contribution in [1.29, 1.82) is 0 Å². The van der Waals surface area contributed by atoms with E-state index in [0.717, 1.165) is 26.2 Å². The second-order valence-electron chi connectivity index (χ2n) is 2.89. The van der Waals surface area contributed by atoms with Crippen molar-refractivity contribution < 1.29 is 4.79 Å². The number of amides is 1. The topological polar surface area (TPSA) is 44.4 Å². The molecule has 0 aromatic heterocycles. The van der Waals surface area contributed by atoms with E-state index in [-0.39, 0.29) is 5.91 Å². The van der Waals surface area contributed by atoms with Gasteiger partial charge in [0.15, 0.2) is 0 Å². The summed E-state index contributed by atoms with van der Waals surface area (Å²) in [5.41, 5.74) is 0. The molecule has 0 aliphatic heterocycles. The molecule has 0 radical (unpaired) electrons. The summed E-state index contributed by atoms with van der Waals surface area (Å²) in [5.74, 6) is 0.0389. The summed E-state index contributed by atoms with van der Waals surface area (Å²) in [4.78, 5) is 12.7. The van der Waals surface area contributed by atoms with Crippen molar-refractivity contribution in [2.45, 2.75) is 34.6 Å². The monoisotopic (exact) mass is 233 g/mol. The van der Waals surface area contributed by atoms with E-state index < -0.39 is 0 Å². The van der Waals surface area contributed by atoms with Crippen LogP contribution in [0.2, 0.25) is 0 Å². The third kappa shape index (κ3) is 23.3. The number of nitrogens with one attached hydrogen (secondary N) is 2. The molecule has 0 bridgehead atoms. The molecule has 4 nitrogen and oxygen atoms in total. The second kappa shape index (κ2) is 19.9. The summed E-state index contributed by atoms with van der Waals surface area (Å²) < 4.78 is 0. The molecule has 1 amide bonds. The van der Waals surface area contributed by atoms with Gasteiger partial charge in [0.05, 0.1) is 0 Å². The van der Waals surface area contributed by atoms with Crippen LogP contribution in [-0.2, 0) is 4.79 Å². The first-order chi connectivity index (χ1) is 7.66. The minimum absolute atomic E-state index is 0.0389. The molecule has 0 aliphatic carbocycles. The molecular weight excluding hydrogens is 202 g/mol. The highest BCUT2D eigenvalue weighted by atomic mass is 16.1. The van der Waals surface area contributed by atoms with Crippen LogP contribution in [0, 0.1) is 0 Å². The molecule has 0 heterocycles. The normalized spacial score (nSPS) is 8.50. The van der Waals surface area contributed by atoms with Gasteiger partial charge in [-0.3, -0.25) is 4.79 Å². The smallest absolute Gasteiger partial charge is 0.216 e. The maximum absolute atomic E-state index is 10.5. The number of rotatable bonds is 6. The fraction of sp³-hybridized carbons (Fsp3) is 0.917. The van der Waals surface area contributed by atoms with E-state index >= 15 is 0 Å². The summed E-state index contributed by atoms with van der Waals surface area (Å²) in [6, 6.07) is 0. The SMILES string of the molecule is CC.CC.CNCCN(C)CCNC(C)=O. The van der Waals surface area contributed by atoms with Crippen LogP contribution in [0.3, 0.4) is 0 Å². The van der Waals surface area contributed by atoms with E-state index in [1.54, 1.807) is 0 Å². The predicted octanol–water partition coefficient (Wildman–Crippen LogP) is 1.33. The van der Waals surface area contributed by atoms with Gasteiger partial charge in [0.2, 0.25) is 5.91 Å². The van der Waals surface area contributed by atoms with Crippen molar-refractivity contribution in [3.8, 4) is 0 Å². The van der Waals surface area contributed by atoms with Gasteiger partial charge in [0.1, 0.15) is 0 Å². The molecule has 16 heavy (non-hydrogen) atoms. The Balaban J connectivity index is -0.000000376. The molecule has 0 fully saturated rings. The van der Waals surface area contributed by atoms with E-state index in [9.17, 15) is 4.79 Å². The minimum Gasteiger partial charge on any atom is -0.355 e. The highest BCUT2D eigenvalue weighted by Gasteiger charge is 1.96. The van der Waals surface area contributed by atoms with E-state index in [0.29, 0.717) is 0 Å². The lowest BCUT2D eigenvalue weighted by Crippen LogP contribution is -2.34. The highest BCUT2D eigenvalue weighted by Crippen LogP contribution is 1.78. The lowest BCUT2D eigenvalue weighted by molar-refractivity contribution is -0.118. The van der Waals surface area contributed by atoms with Gasteiger partial charge in [-0.1, -0.05) is 27.7 Å². The van der Waals surface area contributed by atoms with Gasteiger partial charge in [-0.15, -0.1) is 0 Å². The Kier molecular flexibility index (Phi) is 25.8. The maximum Gasteiger partial charge on any atom is 0.216 e. The molecule has 2 N–H and O–H groups in total. The van der Waals surface area contributed by atoms with Crippen molar-refractivity contribution in [3.63, 3.8) is 0 Å². The van der Waals surface area contributed by atoms with Crippen molar-refractivity contribution in [2.24, 2.45) is 0 Å². The van der Waals surface area contributed by atoms with Gasteiger partial charge in [-0.2, -0.15) is 0 Å². The maximum atomic E-state index is 10.5. The molecule has 0 aliphatic rings. The Morgan fingerprint density at radius 3 is 1.88 bits per heavy atom. The van der Waals surface area contributed by atoms with Crippen LogP contribution in [0.15, 0.2) is 0 Å². The molecular formula is C12H31N3O. The Hall–Kier alpha value is -0.610. The minimum atomic E-state index is 0.0389. The summed E-state index contributed by atoms with van der Waals surface area (Å²) in [6.45, 7) is 13.2. The third-order valence-corrected chi connectivity index (χ3v) is 1.61. The average molecular weight is 233 g/mol. The summed E-state index contributed by atoms with van der Waals surface area (Å²) in [6.07, 6.45) is 0. The first kappa shape index (κ1) is 20.8. The molecule has 0 aromatic rings. The number of carbonyl (C=O) groups is 1. The quantitative estimate of drug-likeness (QED) is 0.727. The van der Waals surface area contributed by atoms with Crippen molar-refractivity contribution in [2.75, 3.05) is 40.3 Å². The summed E-state index contributed by atoms with van der Waals surface area (Å²) in [7, 11) is 3.97. The van der Waals surface area contributed by atoms with Gasteiger partial charge in [-0.25, -0.2) is 0 Å². The fourth-order valence-electron chi connectivity index (χ4n) is 0.837. The Labute approximate surface area is 102 Å². The van der Waals surface area contributed by atoms with Crippen LogP contribution in [-0.4, -0.2) is 51.1 Å². The van der Waals surface area contributed by atoms with E-state index in [1.807, 2.05) is 41.8 Å². The van der Waals surface area contributed by atoms with E-state index in [4.69, 9.17) is 0 Å². The van der Waals surface area contributed by atoms with Gasteiger partial charge >= 0.3 is 0 Å². The van der Waals surface area contributed by atoms with Crippen molar-refractivity contribution in [3.05, 3.63) is 0 Å². The largest absolute Gasteiger partial charge is 0.355 e. The zero-order valence-corrected chi connectivity index (χ0v) is 12.2. The lowest BCUT2D eigenvalue weighted by Gasteiger charge is -2.15. The van der Waals surface area contributed by atoms with Crippen LogP contribution >= 0.6 is 0 Å². The van der Waals surface area contributed by atoms with Gasteiger partial charge in [0, 0.05) is 33.1 Å². The molecule has 0 atom stereocenters. The van der Waals surface area contributed by atoms with Crippen LogP contribution in [0.25, 0.3) is 0 Å². The molecule has 0 saturated carbocycles. The van der Waals surface area contributed by atoms with Crippen LogP contribution in [0.5, 0.6) is 0 Å². The second-order valence-corrected chi connectivity index (χ2v) is 2.89. The van der Waals surface area contributed by atoms with Gasteiger partial charge in [0.25, 0.3) is 0 Å². The Morgan fingerprint density at radius 2 is 1.50 bits per heavy atom. The number of likely N-dealkylation sites (N-methyl/N-ethyl adjacent to an activating group) is 2. The van der Waals surface area contributed by atoms with Crippen LogP contribution < -0.4 is 10.6 Å². The number of nitrogens with zero attached hydrogens (tertiary/aromatic N) is 1. The first-order valence-corrected chi connectivity index (χ1v) is 6.24. The first-order valence-electron chi connectivity index (χ1n) is 6.24. The van der Waals surface area contributed by atoms with Crippen molar-refractivity contribution >= 4 is 5.91 Å². The lowest BCUT2D eigenvalue weighted by atomic mass is 10.5. The highest BCUT2D eigenvalue weighted by molar-refractivity contribution is 5.72. The standard InChI is InChI=1S/C8H19N3O.2C2H6/c1-8(12)10-5-7-11(3)6-4-9-2;2*1-2/h9H,4-7H2,1-3H3,(H,10,12);2*1-2H3. The molecule has 0 aromatic carbocycles. The van der Waals surface area contributed by atoms with E-state index in [2.05, 4.69) is 15.5 Å². The van der Waals surface area contributed by atoms with Crippen LogP contribution in [0.1, 0.15) is 34.6 Å². The number of hydrogen-bond donors (Lipinski definition) is 2. The molecule has 0 rings (SSSR count). The zero-order chi connectivity index (χ0) is 13.4. The van der Waals surface area contributed by atoms with E-state index in [1.165, 1.54) is 6.92 Å². The molecule has 100 valence electrons. The zero-order valence-electron chi connectivity index (χ0n) is 12.2. The number of hydrogen-bond acceptors (Lipinski definition) is 3. The fourth-order valence-corrected chi connectivity index (χ4v) is 0.837. The summed E-state index contributed by atoms with van der Waals surface area (Å²) >= 11 is 0. The average Bonchev–Trinajstić information content (AvgIpc) is 2.31. The molecule has 0 saturated heterocycles. The number of carbonyl (C=O) groups excluding carboxylic acids is 1. The van der Waals surface area contributed by atoms with Crippen LogP contribution in [0.4, 0.5) is 0 Å². The Bertz CT molecular complexity index is 129. The third-order valence-electron chi connectivity index (χ3n) is 1.61. The van der Waals surface area contributed by atoms with Gasteiger partial charge in [-0.05, 0) is 14.1 Å². The van der Waals surface area contributed by atoms with Gasteiger partial charge < -0.3 is 15.5 Å². The molecule has 4 heteroatoms.